The van der Waals surface area contributed by atoms with E-state index in [4.69, 9.17) is 12.2 Å². The number of nitro benzene ring substituents is 1. The molecule has 0 radical (unpaired) electrons. The second kappa shape index (κ2) is 8.03. The first-order valence-corrected chi connectivity index (χ1v) is 8.74. The number of rotatable bonds is 4. The summed E-state index contributed by atoms with van der Waals surface area (Å²) in [6, 6.07) is 4.43. The average Bonchev–Trinajstić information content (AvgIpc) is 3.06. The number of benzene rings is 1. The molecule has 12 heteroatoms. The lowest BCUT2D eigenvalue weighted by atomic mass is 10.1. The number of hydrogen-bond acceptors (Lipinski definition) is 8. The maximum Gasteiger partial charge on any atom is 0.293 e. The molecule has 3 rings (SSSR count). The highest BCUT2D eigenvalue weighted by Gasteiger charge is 2.23. The molecule has 1 aliphatic heterocycles. The molecular formula is C15H18N8O3S. The van der Waals surface area contributed by atoms with Crippen LogP contribution in [0.1, 0.15) is 29.6 Å². The second-order valence-corrected chi connectivity index (χ2v) is 6.43. The van der Waals surface area contributed by atoms with Crippen LogP contribution < -0.4 is 15.5 Å². The fourth-order valence-electron chi connectivity index (χ4n) is 2.86. The Morgan fingerprint density at radius 3 is 2.67 bits per heavy atom. The van der Waals surface area contributed by atoms with Crippen LogP contribution in [0.15, 0.2) is 18.2 Å². The summed E-state index contributed by atoms with van der Waals surface area (Å²) in [6.07, 6.45) is 3.11. The van der Waals surface area contributed by atoms with Crippen LogP contribution in [0.25, 0.3) is 0 Å². The Bertz CT molecular complexity index is 878. The van der Waals surface area contributed by atoms with Crippen LogP contribution >= 0.6 is 12.2 Å². The van der Waals surface area contributed by atoms with Gasteiger partial charge in [-0.05, 0) is 48.8 Å². The fourth-order valence-corrected chi connectivity index (χ4v) is 3.04. The maximum absolute atomic E-state index is 12.4. The zero-order valence-corrected chi connectivity index (χ0v) is 15.4. The molecule has 1 aromatic heterocycles. The standard InChI is InChI=1S/C15H18N8O3S/c1-21-19-14(18-20-21)17-15(27)16-13(24)10-5-6-11(12(9-10)23(25)26)22-7-3-2-4-8-22/h5-6,9H,2-4,7-8H2,1H3,(H2,16,17,19,24,27). The van der Waals surface area contributed by atoms with Crippen LogP contribution in [0.4, 0.5) is 17.3 Å². The lowest BCUT2D eigenvalue weighted by molar-refractivity contribution is -0.384. The summed E-state index contributed by atoms with van der Waals surface area (Å²) in [5.74, 6) is -0.432. The Kier molecular flexibility index (Phi) is 5.54. The van der Waals surface area contributed by atoms with Gasteiger partial charge >= 0.3 is 0 Å². The summed E-state index contributed by atoms with van der Waals surface area (Å²) in [7, 11) is 1.59. The summed E-state index contributed by atoms with van der Waals surface area (Å²) in [5, 5.41) is 27.7. The Labute approximate surface area is 159 Å². The molecule has 0 aliphatic carbocycles. The highest BCUT2D eigenvalue weighted by atomic mass is 32.1. The van der Waals surface area contributed by atoms with Crippen molar-refractivity contribution in [3.8, 4) is 0 Å². The van der Waals surface area contributed by atoms with E-state index in [9.17, 15) is 14.9 Å². The molecule has 2 heterocycles. The van der Waals surface area contributed by atoms with Crippen LogP contribution in [-0.2, 0) is 7.05 Å². The lowest BCUT2D eigenvalue weighted by Gasteiger charge is -2.28. The first-order chi connectivity index (χ1) is 12.9. The molecule has 142 valence electrons. The van der Waals surface area contributed by atoms with Gasteiger partial charge in [-0.15, -0.1) is 5.10 Å². The van der Waals surface area contributed by atoms with E-state index in [0.29, 0.717) is 5.69 Å². The minimum Gasteiger partial charge on any atom is -0.366 e. The van der Waals surface area contributed by atoms with Gasteiger partial charge in [0.25, 0.3) is 17.5 Å². The van der Waals surface area contributed by atoms with Gasteiger partial charge < -0.3 is 4.90 Å². The van der Waals surface area contributed by atoms with Crippen LogP contribution in [0.3, 0.4) is 0 Å². The smallest absolute Gasteiger partial charge is 0.293 e. The molecule has 1 aliphatic rings. The van der Waals surface area contributed by atoms with Crippen LogP contribution in [0, 0.1) is 10.1 Å². The molecule has 1 saturated heterocycles. The van der Waals surface area contributed by atoms with Gasteiger partial charge in [-0.2, -0.15) is 4.80 Å². The number of aromatic nitrogens is 4. The average molecular weight is 390 g/mol. The summed E-state index contributed by atoms with van der Waals surface area (Å²) in [4.78, 5) is 26.6. The fraction of sp³-hybridized carbons (Fsp3) is 0.400. The Hall–Kier alpha value is -3.15. The van der Waals surface area contributed by atoms with Gasteiger partial charge in [0.15, 0.2) is 5.11 Å². The number of tetrazole rings is 1. The van der Waals surface area contributed by atoms with E-state index in [0.717, 1.165) is 32.4 Å². The third kappa shape index (κ3) is 4.53. The van der Waals surface area contributed by atoms with Crippen molar-refractivity contribution in [2.45, 2.75) is 19.3 Å². The molecule has 1 aromatic carbocycles. The number of aryl methyl sites for hydroxylation is 1. The van der Waals surface area contributed by atoms with Gasteiger partial charge in [0.05, 0.1) is 12.0 Å². The van der Waals surface area contributed by atoms with Crippen molar-refractivity contribution in [1.29, 1.82) is 0 Å². The summed E-state index contributed by atoms with van der Waals surface area (Å²) in [6.45, 7) is 1.54. The number of nitrogens with one attached hydrogen (secondary N) is 2. The molecule has 1 amide bonds. The summed E-state index contributed by atoms with van der Waals surface area (Å²) >= 11 is 5.03. The number of thiocarbonyl (C=S) groups is 1. The van der Waals surface area contributed by atoms with E-state index in [1.807, 2.05) is 4.90 Å². The summed E-state index contributed by atoms with van der Waals surface area (Å²) < 4.78 is 0. The topological polar surface area (TPSA) is 131 Å². The number of anilines is 2. The van der Waals surface area contributed by atoms with Crippen LogP contribution in [0.5, 0.6) is 0 Å². The minimum atomic E-state index is -0.565. The van der Waals surface area contributed by atoms with Crippen molar-refractivity contribution in [3.63, 3.8) is 0 Å². The van der Waals surface area contributed by atoms with Gasteiger partial charge in [-0.3, -0.25) is 25.5 Å². The number of carbonyl (C=O) groups is 1. The number of nitrogens with zero attached hydrogens (tertiary/aromatic N) is 6. The van der Waals surface area contributed by atoms with Gasteiger partial charge in [-0.25, -0.2) is 0 Å². The molecule has 2 aromatic rings. The van der Waals surface area contributed by atoms with Gasteiger partial charge in [0, 0.05) is 24.7 Å². The molecule has 0 saturated carbocycles. The maximum atomic E-state index is 12.4. The zero-order valence-electron chi connectivity index (χ0n) is 14.6. The SMILES string of the molecule is Cn1nnc(NC(=S)NC(=O)c2ccc(N3CCCCC3)c([N+](=O)[O-])c2)n1. The van der Waals surface area contributed by atoms with Crippen LogP contribution in [-0.4, -0.2) is 49.2 Å². The van der Waals surface area contributed by atoms with E-state index in [-0.39, 0.29) is 22.3 Å². The van der Waals surface area contributed by atoms with E-state index in [1.165, 1.54) is 10.9 Å². The predicted octanol–water partition coefficient (Wildman–Crippen LogP) is 1.24. The van der Waals surface area contributed by atoms with Crippen molar-refractivity contribution in [2.24, 2.45) is 7.05 Å². The van der Waals surface area contributed by atoms with Crippen molar-refractivity contribution < 1.29 is 9.72 Å². The van der Waals surface area contributed by atoms with Crippen molar-refractivity contribution in [3.05, 3.63) is 33.9 Å². The molecule has 11 nitrogen and oxygen atoms in total. The van der Waals surface area contributed by atoms with Crippen molar-refractivity contribution >= 4 is 40.6 Å². The Morgan fingerprint density at radius 1 is 1.30 bits per heavy atom. The molecule has 0 spiro atoms. The van der Waals surface area contributed by atoms with E-state index >= 15 is 0 Å². The number of hydrogen-bond donors (Lipinski definition) is 2. The molecule has 27 heavy (non-hydrogen) atoms. The number of piperidine rings is 1. The molecule has 2 N–H and O–H groups in total. The normalized spacial score (nSPS) is 13.9. The van der Waals surface area contributed by atoms with E-state index in [2.05, 4.69) is 26.0 Å². The molecule has 0 bridgehead atoms. The zero-order chi connectivity index (χ0) is 19.4. The monoisotopic (exact) mass is 390 g/mol. The van der Waals surface area contributed by atoms with E-state index in [1.54, 1.807) is 19.2 Å². The van der Waals surface area contributed by atoms with Gasteiger partial charge in [0.2, 0.25) is 0 Å². The summed E-state index contributed by atoms with van der Waals surface area (Å²) in [5.41, 5.74) is 0.568. The third-order valence-corrected chi connectivity index (χ3v) is 4.30. The third-order valence-electron chi connectivity index (χ3n) is 4.09. The molecule has 0 atom stereocenters. The van der Waals surface area contributed by atoms with Crippen molar-refractivity contribution in [1.82, 2.24) is 25.5 Å². The van der Waals surface area contributed by atoms with E-state index < -0.39 is 10.8 Å². The Morgan fingerprint density at radius 2 is 2.04 bits per heavy atom. The minimum absolute atomic E-state index is 0.0317. The molecule has 0 unspecified atom stereocenters. The second-order valence-electron chi connectivity index (χ2n) is 6.02. The van der Waals surface area contributed by atoms with Crippen LogP contribution in [0.2, 0.25) is 0 Å². The van der Waals surface area contributed by atoms with Crippen molar-refractivity contribution in [2.75, 3.05) is 23.3 Å². The first kappa shape index (κ1) is 18.6. The molecular weight excluding hydrogens is 372 g/mol. The molecule has 1 fully saturated rings. The van der Waals surface area contributed by atoms with Gasteiger partial charge in [0.1, 0.15) is 5.69 Å². The highest BCUT2D eigenvalue weighted by Crippen LogP contribution is 2.31. The first-order valence-electron chi connectivity index (χ1n) is 8.34. The Balaban J connectivity index is 1.73. The lowest BCUT2D eigenvalue weighted by Crippen LogP contribution is -2.34. The predicted molar refractivity (Wildman–Crippen MR) is 102 cm³/mol. The largest absolute Gasteiger partial charge is 0.366 e. The number of nitro groups is 1. The number of amides is 1. The quantitative estimate of drug-likeness (QED) is 0.449. The highest BCUT2D eigenvalue weighted by molar-refractivity contribution is 7.80. The van der Waals surface area contributed by atoms with Gasteiger partial charge in [-0.1, -0.05) is 5.10 Å². The number of carbonyl (C=O) groups excluding carboxylic acids is 1.